The summed E-state index contributed by atoms with van der Waals surface area (Å²) in [5.41, 5.74) is 0. The van der Waals surface area contributed by atoms with Gasteiger partial charge in [0.15, 0.2) is 6.29 Å². The summed E-state index contributed by atoms with van der Waals surface area (Å²) < 4.78 is 10.8. The Morgan fingerprint density at radius 2 is 1.67 bits per heavy atom. The first kappa shape index (κ1) is 19.7. The second kappa shape index (κ2) is 16.4. The second-order valence-electron chi connectivity index (χ2n) is 3.69. The Kier molecular flexibility index (Phi) is 17.9. The molecule has 0 spiro atoms. The number of rotatable bonds is 10. The third-order valence-corrected chi connectivity index (χ3v) is 2.12. The molecule has 0 fully saturated rings. The summed E-state index contributed by atoms with van der Waals surface area (Å²) in [6, 6.07) is 0. The lowest BCUT2D eigenvalue weighted by Gasteiger charge is -2.16. The minimum Gasteiger partial charge on any atom is -0.481 e. The van der Waals surface area contributed by atoms with Crippen molar-refractivity contribution in [3.8, 4) is 0 Å². The Morgan fingerprint density at radius 3 is 2.00 bits per heavy atom. The quantitative estimate of drug-likeness (QED) is 0.467. The molecule has 0 aliphatic heterocycles. The van der Waals surface area contributed by atoms with Crippen LogP contribution in [0.5, 0.6) is 0 Å². The van der Waals surface area contributed by atoms with Gasteiger partial charge in [0.25, 0.3) is 0 Å². The van der Waals surface area contributed by atoms with E-state index in [1.807, 2.05) is 20.9 Å². The van der Waals surface area contributed by atoms with E-state index in [0.29, 0.717) is 0 Å². The van der Waals surface area contributed by atoms with Gasteiger partial charge in [-0.15, -0.1) is 0 Å². The molecule has 0 heterocycles. The number of aliphatic carboxylic acids is 1. The molecule has 0 saturated carbocycles. The summed E-state index contributed by atoms with van der Waals surface area (Å²) in [6.45, 7) is 8.14. The molecule has 0 aromatic carbocycles. The van der Waals surface area contributed by atoms with E-state index in [2.05, 4.69) is 5.32 Å². The predicted molar refractivity (Wildman–Crippen MR) is 72.7 cm³/mol. The van der Waals surface area contributed by atoms with Crippen LogP contribution in [0.15, 0.2) is 0 Å². The van der Waals surface area contributed by atoms with Crippen LogP contribution in [0.25, 0.3) is 0 Å². The molecule has 0 rings (SSSR count). The average molecular weight is 263 g/mol. The zero-order valence-corrected chi connectivity index (χ0v) is 12.2. The van der Waals surface area contributed by atoms with Crippen LogP contribution in [-0.4, -0.2) is 44.2 Å². The molecule has 110 valence electrons. The minimum absolute atomic E-state index is 0.00635. The monoisotopic (exact) mass is 263 g/mol. The molecule has 5 heteroatoms. The van der Waals surface area contributed by atoms with Gasteiger partial charge in [0, 0.05) is 19.6 Å². The molecule has 0 bridgehead atoms. The van der Waals surface area contributed by atoms with Gasteiger partial charge in [-0.1, -0.05) is 6.92 Å². The third-order valence-electron chi connectivity index (χ3n) is 2.12. The smallest absolute Gasteiger partial charge is 0.303 e. The van der Waals surface area contributed by atoms with E-state index in [1.165, 1.54) is 6.42 Å². The predicted octanol–water partition coefficient (Wildman–Crippen LogP) is 2.26. The number of carboxylic acids is 1. The van der Waals surface area contributed by atoms with Crippen molar-refractivity contribution in [1.82, 2.24) is 5.32 Å². The van der Waals surface area contributed by atoms with Crippen molar-refractivity contribution in [2.45, 2.75) is 52.7 Å². The van der Waals surface area contributed by atoms with Gasteiger partial charge in [0.05, 0.1) is 0 Å². The van der Waals surface area contributed by atoms with Crippen LogP contribution in [0.3, 0.4) is 0 Å². The third kappa shape index (κ3) is 17.7. The summed E-state index contributed by atoms with van der Waals surface area (Å²) in [4.78, 5) is 9.37. The van der Waals surface area contributed by atoms with Crippen LogP contribution in [-0.2, 0) is 14.3 Å². The highest BCUT2D eigenvalue weighted by Gasteiger charge is 2.06. The van der Waals surface area contributed by atoms with Crippen LogP contribution in [0.2, 0.25) is 0 Å². The van der Waals surface area contributed by atoms with Crippen molar-refractivity contribution in [2.24, 2.45) is 0 Å². The zero-order chi connectivity index (χ0) is 14.2. The average Bonchev–Trinajstić information content (AvgIpc) is 2.36. The van der Waals surface area contributed by atoms with Crippen molar-refractivity contribution in [3.63, 3.8) is 0 Å². The van der Waals surface area contributed by atoms with Crippen LogP contribution < -0.4 is 5.32 Å². The van der Waals surface area contributed by atoms with Gasteiger partial charge in [-0.2, -0.15) is 0 Å². The lowest BCUT2D eigenvalue weighted by molar-refractivity contribution is -0.140. The molecule has 0 unspecified atom stereocenters. The number of ether oxygens (including phenoxy) is 2. The Balaban J connectivity index is 0. The van der Waals surface area contributed by atoms with Gasteiger partial charge in [0.1, 0.15) is 0 Å². The molecule has 18 heavy (non-hydrogen) atoms. The highest BCUT2D eigenvalue weighted by Crippen LogP contribution is 2.06. The summed E-state index contributed by atoms with van der Waals surface area (Å²) >= 11 is 0. The van der Waals surface area contributed by atoms with Crippen LogP contribution >= 0.6 is 0 Å². The SMILES string of the molecule is CCC(=O)O.CCOC(CCCCNC)OCC. The van der Waals surface area contributed by atoms with Gasteiger partial charge in [0.2, 0.25) is 0 Å². The fourth-order valence-electron chi connectivity index (χ4n) is 1.20. The maximum atomic E-state index is 9.37. The first-order chi connectivity index (χ1) is 8.62. The molecular weight excluding hydrogens is 234 g/mol. The summed E-state index contributed by atoms with van der Waals surface area (Å²) in [5, 5.41) is 10.8. The molecule has 0 radical (unpaired) electrons. The Labute approximate surface area is 111 Å². The fourth-order valence-corrected chi connectivity index (χ4v) is 1.20. The number of unbranched alkanes of at least 4 members (excludes halogenated alkanes) is 1. The topological polar surface area (TPSA) is 67.8 Å². The number of carboxylic acid groups (broad SMARTS) is 1. The minimum atomic E-state index is -0.745. The Morgan fingerprint density at radius 1 is 1.17 bits per heavy atom. The Bertz CT molecular complexity index is 170. The molecule has 0 saturated heterocycles. The lowest BCUT2D eigenvalue weighted by atomic mass is 10.2. The van der Waals surface area contributed by atoms with Gasteiger partial charge in [-0.05, 0) is 46.7 Å². The van der Waals surface area contributed by atoms with E-state index in [1.54, 1.807) is 6.92 Å². The maximum Gasteiger partial charge on any atom is 0.303 e. The summed E-state index contributed by atoms with van der Waals surface area (Å²) in [6.07, 6.45) is 3.58. The molecule has 0 atom stereocenters. The molecule has 0 amide bonds. The van der Waals surface area contributed by atoms with Gasteiger partial charge in [-0.25, -0.2) is 0 Å². The number of hydrogen-bond donors (Lipinski definition) is 2. The largest absolute Gasteiger partial charge is 0.481 e. The van der Waals surface area contributed by atoms with Crippen molar-refractivity contribution >= 4 is 5.97 Å². The van der Waals surface area contributed by atoms with Crippen molar-refractivity contribution < 1.29 is 19.4 Å². The first-order valence-electron chi connectivity index (χ1n) is 6.71. The number of carbonyl (C=O) groups is 1. The van der Waals surface area contributed by atoms with Gasteiger partial charge in [-0.3, -0.25) is 4.79 Å². The summed E-state index contributed by atoms with van der Waals surface area (Å²) in [5.74, 6) is -0.745. The van der Waals surface area contributed by atoms with Crippen molar-refractivity contribution in [3.05, 3.63) is 0 Å². The number of hydrogen-bond acceptors (Lipinski definition) is 4. The fraction of sp³-hybridized carbons (Fsp3) is 0.923. The van der Waals surface area contributed by atoms with Gasteiger partial charge >= 0.3 is 5.97 Å². The van der Waals surface area contributed by atoms with E-state index >= 15 is 0 Å². The van der Waals surface area contributed by atoms with Crippen LogP contribution in [0.4, 0.5) is 0 Å². The maximum absolute atomic E-state index is 9.37. The molecule has 0 aliphatic rings. The molecule has 2 N–H and O–H groups in total. The highest BCUT2D eigenvalue weighted by molar-refractivity contribution is 5.66. The molecule has 0 aromatic rings. The number of nitrogens with one attached hydrogen (secondary N) is 1. The summed E-state index contributed by atoms with van der Waals surface area (Å²) in [7, 11) is 1.97. The zero-order valence-electron chi connectivity index (χ0n) is 12.2. The van der Waals surface area contributed by atoms with Gasteiger partial charge < -0.3 is 19.9 Å². The highest BCUT2D eigenvalue weighted by atomic mass is 16.7. The Hall–Kier alpha value is -0.650. The van der Waals surface area contributed by atoms with E-state index in [9.17, 15) is 4.79 Å². The van der Waals surface area contributed by atoms with Crippen LogP contribution in [0.1, 0.15) is 46.5 Å². The van der Waals surface area contributed by atoms with Crippen molar-refractivity contribution in [1.29, 1.82) is 0 Å². The first-order valence-corrected chi connectivity index (χ1v) is 6.71. The molecular formula is C13H29NO4. The molecule has 5 nitrogen and oxygen atoms in total. The van der Waals surface area contributed by atoms with E-state index in [0.717, 1.165) is 32.6 Å². The van der Waals surface area contributed by atoms with Crippen LogP contribution in [0, 0.1) is 0 Å². The standard InChI is InChI=1S/C10H23NO2.C3H6O2/c1-4-12-10(13-5-2)8-6-7-9-11-3;1-2-3(4)5/h10-11H,4-9H2,1-3H3;2H2,1H3,(H,4,5). The van der Waals surface area contributed by atoms with Crippen molar-refractivity contribution in [2.75, 3.05) is 26.8 Å². The lowest BCUT2D eigenvalue weighted by Crippen LogP contribution is -2.18. The van der Waals surface area contributed by atoms with E-state index < -0.39 is 5.97 Å². The second-order valence-corrected chi connectivity index (χ2v) is 3.69. The molecule has 0 aliphatic carbocycles. The molecule has 0 aromatic heterocycles. The van der Waals surface area contributed by atoms with E-state index in [-0.39, 0.29) is 12.7 Å². The normalized spacial score (nSPS) is 10.1. The van der Waals surface area contributed by atoms with E-state index in [4.69, 9.17) is 14.6 Å².